The van der Waals surface area contributed by atoms with Crippen LogP contribution in [0.4, 0.5) is 14.9 Å². The van der Waals surface area contributed by atoms with Gasteiger partial charge in [-0.25, -0.2) is 14.1 Å². The summed E-state index contributed by atoms with van der Waals surface area (Å²) in [6.45, 7) is 0.179. The molecular formula is C25H15BrFN3O4. The minimum Gasteiger partial charge on any atom is -0.488 e. The maximum atomic E-state index is 13.2. The summed E-state index contributed by atoms with van der Waals surface area (Å²) in [6.07, 6.45) is 1.35. The summed E-state index contributed by atoms with van der Waals surface area (Å²) in [5.41, 5.74) is 1.63. The van der Waals surface area contributed by atoms with Gasteiger partial charge in [-0.15, -0.1) is 0 Å². The van der Waals surface area contributed by atoms with Gasteiger partial charge in [0, 0.05) is 5.56 Å². The lowest BCUT2D eigenvalue weighted by atomic mass is 10.1. The molecule has 1 aliphatic rings. The Labute approximate surface area is 202 Å². The van der Waals surface area contributed by atoms with Crippen molar-refractivity contribution in [1.82, 2.24) is 5.32 Å². The van der Waals surface area contributed by atoms with Crippen LogP contribution in [-0.4, -0.2) is 17.8 Å². The minimum absolute atomic E-state index is 0.130. The van der Waals surface area contributed by atoms with E-state index in [4.69, 9.17) is 4.74 Å². The van der Waals surface area contributed by atoms with Gasteiger partial charge in [0.15, 0.2) is 0 Å². The van der Waals surface area contributed by atoms with Crippen molar-refractivity contribution in [2.75, 3.05) is 4.90 Å². The molecule has 1 saturated heterocycles. The molecule has 0 radical (unpaired) electrons. The van der Waals surface area contributed by atoms with Crippen LogP contribution in [0.1, 0.15) is 16.7 Å². The Hall–Kier alpha value is -4.29. The van der Waals surface area contributed by atoms with E-state index in [0.717, 1.165) is 22.6 Å². The largest absolute Gasteiger partial charge is 0.488 e. The average molecular weight is 520 g/mol. The zero-order valence-corrected chi connectivity index (χ0v) is 19.0. The predicted octanol–water partition coefficient (Wildman–Crippen LogP) is 4.71. The maximum absolute atomic E-state index is 13.2. The molecular weight excluding hydrogens is 505 g/mol. The lowest BCUT2D eigenvalue weighted by Crippen LogP contribution is -2.54. The van der Waals surface area contributed by atoms with Crippen molar-refractivity contribution in [1.29, 1.82) is 5.26 Å². The van der Waals surface area contributed by atoms with E-state index in [1.54, 1.807) is 36.4 Å². The normalized spacial score (nSPS) is 14.7. The Morgan fingerprint density at radius 3 is 2.50 bits per heavy atom. The molecule has 168 valence electrons. The lowest BCUT2D eigenvalue weighted by Gasteiger charge is -2.26. The number of ether oxygens (including phenoxy) is 1. The van der Waals surface area contributed by atoms with Crippen molar-refractivity contribution in [2.45, 2.75) is 6.61 Å². The summed E-state index contributed by atoms with van der Waals surface area (Å²) in [5.74, 6) is -1.69. The van der Waals surface area contributed by atoms with Crippen molar-refractivity contribution >= 4 is 45.5 Å². The number of anilines is 1. The average Bonchev–Trinajstić information content (AvgIpc) is 2.82. The van der Waals surface area contributed by atoms with E-state index in [1.807, 2.05) is 6.07 Å². The summed E-state index contributed by atoms with van der Waals surface area (Å²) >= 11 is 3.41. The highest BCUT2D eigenvalue weighted by molar-refractivity contribution is 9.10. The van der Waals surface area contributed by atoms with Crippen molar-refractivity contribution in [3.05, 3.63) is 99.3 Å². The van der Waals surface area contributed by atoms with Gasteiger partial charge in [0.2, 0.25) is 0 Å². The molecule has 34 heavy (non-hydrogen) atoms. The number of benzene rings is 3. The molecule has 0 spiro atoms. The number of urea groups is 1. The van der Waals surface area contributed by atoms with Crippen molar-refractivity contribution in [3.8, 4) is 11.8 Å². The number of halogens is 2. The number of carbonyl (C=O) groups excluding carboxylic acids is 3. The van der Waals surface area contributed by atoms with Crippen LogP contribution in [0.2, 0.25) is 0 Å². The molecule has 4 amide bonds. The van der Waals surface area contributed by atoms with Gasteiger partial charge in [0.25, 0.3) is 11.8 Å². The maximum Gasteiger partial charge on any atom is 0.335 e. The Morgan fingerprint density at radius 2 is 1.79 bits per heavy atom. The molecule has 4 rings (SSSR count). The summed E-state index contributed by atoms with van der Waals surface area (Å²) in [5, 5.41) is 11.3. The second-order valence-electron chi connectivity index (χ2n) is 7.18. The second-order valence-corrected chi connectivity index (χ2v) is 8.04. The van der Waals surface area contributed by atoms with Crippen LogP contribution in [0.25, 0.3) is 6.08 Å². The van der Waals surface area contributed by atoms with Gasteiger partial charge in [-0.2, -0.15) is 5.26 Å². The van der Waals surface area contributed by atoms with Crippen LogP contribution in [0.15, 0.2) is 76.8 Å². The number of nitriles is 1. The Bertz CT molecular complexity index is 1380. The third-order valence-corrected chi connectivity index (χ3v) is 5.59. The third kappa shape index (κ3) is 4.72. The first-order valence-corrected chi connectivity index (χ1v) is 10.7. The number of hydrogen-bond acceptors (Lipinski definition) is 5. The van der Waals surface area contributed by atoms with E-state index in [9.17, 15) is 24.0 Å². The Balaban J connectivity index is 1.56. The highest BCUT2D eigenvalue weighted by atomic mass is 79.9. The fourth-order valence-corrected chi connectivity index (χ4v) is 3.79. The third-order valence-electron chi connectivity index (χ3n) is 4.97. The van der Waals surface area contributed by atoms with Crippen LogP contribution < -0.4 is 15.0 Å². The van der Waals surface area contributed by atoms with E-state index < -0.39 is 23.7 Å². The number of nitrogens with zero attached hydrogens (tertiary/aromatic N) is 2. The van der Waals surface area contributed by atoms with Crippen LogP contribution in [0.5, 0.6) is 5.75 Å². The smallest absolute Gasteiger partial charge is 0.335 e. The number of hydrogen-bond donors (Lipinski definition) is 1. The summed E-state index contributed by atoms with van der Waals surface area (Å²) in [6, 6.07) is 18.0. The van der Waals surface area contributed by atoms with Gasteiger partial charge in [-0.05, 0) is 70.0 Å². The molecule has 1 heterocycles. The summed E-state index contributed by atoms with van der Waals surface area (Å²) in [7, 11) is 0. The number of barbiturate groups is 1. The summed E-state index contributed by atoms with van der Waals surface area (Å²) in [4.78, 5) is 38.3. The van der Waals surface area contributed by atoms with Crippen LogP contribution >= 0.6 is 15.9 Å². The number of carbonyl (C=O) groups is 3. The molecule has 0 aromatic heterocycles. The van der Waals surface area contributed by atoms with Gasteiger partial charge >= 0.3 is 6.03 Å². The fourth-order valence-electron chi connectivity index (χ4n) is 3.28. The topological polar surface area (TPSA) is 99.5 Å². The molecule has 1 fully saturated rings. The van der Waals surface area contributed by atoms with Crippen molar-refractivity contribution in [2.24, 2.45) is 0 Å². The second kappa shape index (κ2) is 9.68. The Morgan fingerprint density at radius 1 is 1.06 bits per heavy atom. The number of amides is 4. The molecule has 7 nitrogen and oxygen atoms in total. The number of rotatable bonds is 5. The quantitative estimate of drug-likeness (QED) is 0.388. The zero-order chi connectivity index (χ0) is 24.2. The molecule has 0 aliphatic carbocycles. The van der Waals surface area contributed by atoms with E-state index in [-0.39, 0.29) is 17.9 Å². The van der Waals surface area contributed by atoms with Gasteiger partial charge in [-0.1, -0.05) is 24.3 Å². The molecule has 3 aromatic rings. The first-order valence-electron chi connectivity index (χ1n) is 9.95. The first-order chi connectivity index (χ1) is 16.4. The van der Waals surface area contributed by atoms with E-state index >= 15 is 0 Å². The van der Waals surface area contributed by atoms with Gasteiger partial charge < -0.3 is 4.74 Å². The highest BCUT2D eigenvalue weighted by Gasteiger charge is 2.36. The van der Waals surface area contributed by atoms with E-state index in [0.29, 0.717) is 21.3 Å². The van der Waals surface area contributed by atoms with Crippen LogP contribution in [0, 0.1) is 17.1 Å². The molecule has 0 unspecified atom stereocenters. The molecule has 9 heteroatoms. The van der Waals surface area contributed by atoms with Crippen molar-refractivity contribution in [3.63, 3.8) is 0 Å². The van der Waals surface area contributed by atoms with Crippen LogP contribution in [0.3, 0.4) is 0 Å². The SMILES string of the molecule is N#Cc1ccccc1COc1ccc(/C=C2\C(=O)NC(=O)N(c3ccc(F)cc3)C2=O)cc1Br. The van der Waals surface area contributed by atoms with Gasteiger partial charge in [0.1, 0.15) is 23.7 Å². The van der Waals surface area contributed by atoms with Crippen molar-refractivity contribution < 1.29 is 23.5 Å². The minimum atomic E-state index is -0.915. The van der Waals surface area contributed by atoms with E-state index in [1.165, 1.54) is 18.2 Å². The highest BCUT2D eigenvalue weighted by Crippen LogP contribution is 2.29. The molecule has 3 aromatic carbocycles. The molecule has 1 N–H and O–H groups in total. The number of imide groups is 2. The van der Waals surface area contributed by atoms with Gasteiger partial charge in [0.05, 0.1) is 21.8 Å². The molecule has 0 bridgehead atoms. The van der Waals surface area contributed by atoms with Gasteiger partial charge in [-0.3, -0.25) is 14.9 Å². The molecule has 0 saturated carbocycles. The summed E-state index contributed by atoms with van der Waals surface area (Å²) < 4.78 is 19.6. The fraction of sp³-hybridized carbons (Fsp3) is 0.0400. The molecule has 0 atom stereocenters. The zero-order valence-electron chi connectivity index (χ0n) is 17.4. The lowest BCUT2D eigenvalue weighted by molar-refractivity contribution is -0.122. The number of nitrogens with one attached hydrogen (secondary N) is 1. The van der Waals surface area contributed by atoms with E-state index in [2.05, 4.69) is 27.3 Å². The monoisotopic (exact) mass is 519 g/mol. The standard InChI is InChI=1S/C25H15BrFN3O4/c26-21-12-15(5-10-22(21)34-14-17-4-2-1-3-16(17)13-28)11-20-23(31)29-25(33)30(24(20)32)19-8-6-18(27)7-9-19/h1-12H,14H2,(H,29,31,33)/b20-11+. The first kappa shape index (κ1) is 22.9. The Kier molecular flexibility index (Phi) is 6.52. The van der Waals surface area contributed by atoms with Crippen LogP contribution in [-0.2, 0) is 16.2 Å². The molecule has 1 aliphatic heterocycles. The predicted molar refractivity (Wildman–Crippen MR) is 125 cm³/mol.